The highest BCUT2D eigenvalue weighted by molar-refractivity contribution is 5.97. The Morgan fingerprint density at radius 1 is 0.782 bits per heavy atom. The molecule has 1 saturated heterocycles. The lowest BCUT2D eigenvalue weighted by Gasteiger charge is -2.67. The minimum absolute atomic E-state index is 0.0241. The van der Waals surface area contributed by atoms with Crippen LogP contribution in [-0.4, -0.2) is 118 Å². The Labute approximate surface area is 449 Å². The van der Waals surface area contributed by atoms with Crippen LogP contribution in [0, 0.1) is 16.7 Å². The zero-order valence-corrected chi connectivity index (χ0v) is 44.4. The summed E-state index contributed by atoms with van der Waals surface area (Å²) in [5.41, 5.74) is -7.92. The summed E-state index contributed by atoms with van der Waals surface area (Å²) >= 11 is 0. The number of rotatable bonds is 15. The average molecular weight is 1080 g/mol. The van der Waals surface area contributed by atoms with Gasteiger partial charge in [-0.15, -0.1) is 0 Å². The molecule has 78 heavy (non-hydrogen) atoms. The molecule has 1 aromatic heterocycles. The minimum atomic E-state index is -2.51. The largest absolute Gasteiger partial charge is 0.513 e. The van der Waals surface area contributed by atoms with Gasteiger partial charge >= 0.3 is 36.0 Å². The van der Waals surface area contributed by atoms with Crippen molar-refractivity contribution in [2.24, 2.45) is 16.7 Å². The molecule has 2 saturated carbocycles. The van der Waals surface area contributed by atoms with E-state index >= 15 is 9.59 Å². The fourth-order valence-corrected chi connectivity index (χ4v) is 11.5. The molecule has 3 fully saturated rings. The number of nitrogens with one attached hydrogen (secondary N) is 1. The number of amides is 1. The predicted octanol–water partition coefficient (Wildman–Crippen LogP) is 5.41. The van der Waals surface area contributed by atoms with Gasteiger partial charge in [-0.25, -0.2) is 19.2 Å². The van der Waals surface area contributed by atoms with Gasteiger partial charge in [-0.2, -0.15) is 4.57 Å². The zero-order valence-electron chi connectivity index (χ0n) is 44.4. The molecule has 11 atom stereocenters. The van der Waals surface area contributed by atoms with Crippen LogP contribution >= 0.6 is 0 Å². The number of fused-ring (bicyclic) bond motifs is 5. The van der Waals surface area contributed by atoms with Crippen LogP contribution in [0.3, 0.4) is 0 Å². The number of aliphatic hydroxyl groups is 2. The van der Waals surface area contributed by atoms with Crippen LogP contribution < -0.4 is 9.88 Å². The van der Waals surface area contributed by atoms with Gasteiger partial charge in [0.2, 0.25) is 6.10 Å². The maximum atomic E-state index is 15.8. The van der Waals surface area contributed by atoms with Crippen molar-refractivity contribution < 1.29 is 91.0 Å². The Morgan fingerprint density at radius 2 is 1.40 bits per heavy atom. The number of carbonyl (C=O) groups excluding carboxylic acids is 8. The number of benzene rings is 3. The van der Waals surface area contributed by atoms with E-state index in [1.54, 1.807) is 80.6 Å². The minimum Gasteiger partial charge on any atom is -0.455 e. The highest BCUT2D eigenvalue weighted by Gasteiger charge is 2.78. The molecule has 0 spiro atoms. The highest BCUT2D eigenvalue weighted by Crippen LogP contribution is 2.64. The summed E-state index contributed by atoms with van der Waals surface area (Å²) in [4.78, 5) is 113. The fraction of sp³-hybridized carbons (Fsp3) is 0.431. The molecule has 412 valence electrons. The smallest absolute Gasteiger partial charge is 0.455 e. The number of ether oxygens (including phenoxy) is 8. The molecule has 11 unspecified atom stereocenters. The van der Waals surface area contributed by atoms with Gasteiger partial charge in [-0.05, 0) is 74.7 Å². The van der Waals surface area contributed by atoms with Gasteiger partial charge in [-0.3, -0.25) is 19.2 Å². The van der Waals surface area contributed by atoms with Crippen molar-refractivity contribution in [2.45, 2.75) is 135 Å². The Kier molecular flexibility index (Phi) is 16.1. The lowest BCUT2D eigenvalue weighted by Crippen LogP contribution is -2.82. The van der Waals surface area contributed by atoms with Crippen molar-refractivity contribution in [2.75, 3.05) is 6.61 Å². The maximum Gasteiger partial charge on any atom is 0.513 e. The molecule has 0 radical (unpaired) electrons. The molecular formula is C58H63N2O18+. The standard InChI is InChI=1S/C58H62N2O18/c1-32(2)73-54(69)72-31-60-26-18-25-39(29-60)52(67)76-46(44(36-19-12-9-13-20-36)59-50(65)37-21-14-10-15-22-37)53(68)75-40-28-58(70)49(77-51(66)38-23-16-11-17-24-38)47-56(8,41(63)27-42-57(47,30-71-42)78-35(5)62)48(64)45(74-34(4)61)43(33(40)3)55(58,6)7/h9-26,29,32,40-42,44-47,49,63,70H,27-28,30-31H2,1-8H3/p+1. The Morgan fingerprint density at radius 3 is 1.99 bits per heavy atom. The molecule has 1 amide bonds. The number of ketones is 1. The van der Waals surface area contributed by atoms with Crippen LogP contribution in [0.2, 0.25) is 0 Å². The average Bonchev–Trinajstić information content (AvgIpc) is 3.50. The number of Topliss-reactive ketones (excluding diaryl/α,β-unsaturated/α-hetero) is 1. The number of nitrogens with zero attached hydrogens (tertiary/aromatic N) is 1. The van der Waals surface area contributed by atoms with E-state index in [4.69, 9.17) is 37.9 Å². The third-order valence-corrected chi connectivity index (χ3v) is 15.4. The van der Waals surface area contributed by atoms with E-state index in [0.717, 1.165) is 13.8 Å². The third-order valence-electron chi connectivity index (χ3n) is 15.4. The molecule has 3 aromatic carbocycles. The van der Waals surface area contributed by atoms with Gasteiger partial charge in [0.15, 0.2) is 29.9 Å². The zero-order chi connectivity index (χ0) is 56.5. The first-order valence-corrected chi connectivity index (χ1v) is 25.5. The summed E-state index contributed by atoms with van der Waals surface area (Å²) in [7, 11) is 0. The number of aromatic nitrogens is 1. The SMILES string of the molecule is CC(=O)OC1C(=O)C2(C)C(O)CC3OCC3(OC(C)=O)C2C(OC(=O)c2ccccc2)C2(O)CC(OC(=O)C(OC(=O)c3ccc[n+](COC(=O)OC(C)C)c3)C(NC(=O)c3ccccc3)c3ccccc3)C(C)=C1C2(C)C. The van der Waals surface area contributed by atoms with Crippen LogP contribution in [0.4, 0.5) is 4.79 Å². The monoisotopic (exact) mass is 1080 g/mol. The summed E-state index contributed by atoms with van der Waals surface area (Å²) in [5, 5.41) is 29.2. The van der Waals surface area contributed by atoms with Gasteiger partial charge < -0.3 is 53.4 Å². The predicted molar refractivity (Wildman–Crippen MR) is 270 cm³/mol. The van der Waals surface area contributed by atoms with Crippen molar-refractivity contribution in [3.05, 3.63) is 149 Å². The number of pyridine rings is 1. The Bertz CT molecular complexity index is 3000. The van der Waals surface area contributed by atoms with Gasteiger partial charge in [-0.1, -0.05) is 80.6 Å². The topological polar surface area (TPSA) is 267 Å². The molecule has 4 aromatic rings. The first-order valence-electron chi connectivity index (χ1n) is 25.5. The van der Waals surface area contributed by atoms with E-state index in [0.29, 0.717) is 0 Å². The molecule has 20 nitrogen and oxygen atoms in total. The number of carbonyl (C=O) groups is 8. The number of hydrogen-bond acceptors (Lipinski definition) is 18. The van der Waals surface area contributed by atoms with E-state index in [-0.39, 0.29) is 53.2 Å². The van der Waals surface area contributed by atoms with E-state index in [1.807, 2.05) is 0 Å². The van der Waals surface area contributed by atoms with Crippen LogP contribution in [0.25, 0.3) is 0 Å². The molecule has 2 heterocycles. The molecule has 2 bridgehead atoms. The van der Waals surface area contributed by atoms with Crippen molar-refractivity contribution >= 4 is 47.7 Å². The van der Waals surface area contributed by atoms with E-state index in [2.05, 4.69) is 5.32 Å². The quantitative estimate of drug-likeness (QED) is 0.0582. The molecule has 20 heteroatoms. The van der Waals surface area contributed by atoms with Crippen LogP contribution in [0.15, 0.2) is 127 Å². The second-order valence-electron chi connectivity index (χ2n) is 21.0. The molecule has 3 aliphatic carbocycles. The normalized spacial score (nSPS) is 27.6. The van der Waals surface area contributed by atoms with Crippen LogP contribution in [0.5, 0.6) is 0 Å². The molecule has 3 N–H and O–H groups in total. The first kappa shape index (κ1) is 56.4. The Balaban J connectivity index is 1.28. The Hall–Kier alpha value is -7.81. The van der Waals surface area contributed by atoms with E-state index < -0.39 is 131 Å². The molecule has 4 aliphatic rings. The number of aliphatic hydroxyl groups excluding tert-OH is 1. The summed E-state index contributed by atoms with van der Waals surface area (Å²) in [6.07, 6.45) is -9.83. The summed E-state index contributed by atoms with van der Waals surface area (Å²) in [6.45, 7) is 10.7. The second kappa shape index (κ2) is 22.3. The van der Waals surface area contributed by atoms with Crippen LogP contribution in [-0.2, 0) is 63.8 Å². The third kappa shape index (κ3) is 10.6. The fourth-order valence-electron chi connectivity index (χ4n) is 11.5. The van der Waals surface area contributed by atoms with E-state index in [1.165, 1.54) is 81.1 Å². The van der Waals surface area contributed by atoms with Crippen molar-refractivity contribution in [1.82, 2.24) is 5.32 Å². The molecular weight excluding hydrogens is 1010 g/mol. The first-order chi connectivity index (χ1) is 36.9. The van der Waals surface area contributed by atoms with Crippen molar-refractivity contribution in [1.29, 1.82) is 0 Å². The van der Waals surface area contributed by atoms with Crippen LogP contribution in [0.1, 0.15) is 111 Å². The van der Waals surface area contributed by atoms with Crippen molar-refractivity contribution in [3.8, 4) is 0 Å². The summed E-state index contributed by atoms with van der Waals surface area (Å²) in [6, 6.07) is 25.2. The summed E-state index contributed by atoms with van der Waals surface area (Å²) in [5.74, 6) is -8.37. The maximum absolute atomic E-state index is 15.8. The summed E-state index contributed by atoms with van der Waals surface area (Å²) < 4.78 is 48.7. The highest BCUT2D eigenvalue weighted by atomic mass is 16.7. The van der Waals surface area contributed by atoms with E-state index in [9.17, 15) is 39.0 Å². The number of esters is 5. The second-order valence-corrected chi connectivity index (χ2v) is 21.0. The number of hydrogen-bond donors (Lipinski definition) is 3. The van der Waals surface area contributed by atoms with Gasteiger partial charge in [0.25, 0.3) is 12.6 Å². The van der Waals surface area contributed by atoms with Gasteiger partial charge in [0.05, 0.1) is 35.7 Å². The van der Waals surface area contributed by atoms with Crippen molar-refractivity contribution in [3.63, 3.8) is 0 Å². The molecule has 8 rings (SSSR count). The van der Waals surface area contributed by atoms with Gasteiger partial charge in [0, 0.05) is 43.7 Å². The lowest BCUT2D eigenvalue weighted by molar-refractivity contribution is -0.728. The van der Waals surface area contributed by atoms with Gasteiger partial charge in [0.1, 0.15) is 35.5 Å². The lowest BCUT2D eigenvalue weighted by atomic mass is 9.44. The molecule has 1 aliphatic heterocycles.